The van der Waals surface area contributed by atoms with Crippen LogP contribution >= 0.6 is 0 Å². The van der Waals surface area contributed by atoms with E-state index in [4.69, 9.17) is 0 Å². The van der Waals surface area contributed by atoms with Crippen LogP contribution in [0.5, 0.6) is 0 Å². The summed E-state index contributed by atoms with van der Waals surface area (Å²) < 4.78 is 0. The zero-order valence-electron chi connectivity index (χ0n) is 21.2. The fraction of sp³-hybridized carbons (Fsp3) is 0.920. The first-order valence-electron chi connectivity index (χ1n) is 13.0. The van der Waals surface area contributed by atoms with Crippen molar-refractivity contribution in [1.82, 2.24) is 19.6 Å². The van der Waals surface area contributed by atoms with Gasteiger partial charge in [0.2, 0.25) is 11.8 Å². The van der Waals surface area contributed by atoms with Gasteiger partial charge in [0.05, 0.1) is 0 Å². The summed E-state index contributed by atoms with van der Waals surface area (Å²) in [7, 11) is 0. The Morgan fingerprint density at radius 2 is 1.26 bits per heavy atom. The van der Waals surface area contributed by atoms with Gasteiger partial charge in [0.15, 0.2) is 0 Å². The third-order valence-corrected chi connectivity index (χ3v) is 7.42. The lowest BCUT2D eigenvalue weighted by Gasteiger charge is -2.61. The van der Waals surface area contributed by atoms with Crippen LogP contribution in [-0.2, 0) is 9.59 Å². The SMILES string of the molecule is CC.CC.CCN1CC2(C1)CN(CC1CCN(C(=O)C3CCN(C(C)=O)CC3)CC1)C2. The summed E-state index contributed by atoms with van der Waals surface area (Å²) in [5.74, 6) is 1.37. The molecule has 4 fully saturated rings. The van der Waals surface area contributed by atoms with E-state index >= 15 is 0 Å². The molecule has 4 saturated heterocycles. The molecule has 31 heavy (non-hydrogen) atoms. The highest BCUT2D eigenvalue weighted by molar-refractivity contribution is 5.79. The summed E-state index contributed by atoms with van der Waals surface area (Å²) in [5, 5.41) is 0. The molecule has 1 spiro atoms. The molecular weight excluding hydrogens is 388 g/mol. The van der Waals surface area contributed by atoms with E-state index in [1.54, 1.807) is 6.92 Å². The molecule has 0 radical (unpaired) electrons. The lowest BCUT2D eigenvalue weighted by Crippen LogP contribution is -2.72. The minimum Gasteiger partial charge on any atom is -0.343 e. The Morgan fingerprint density at radius 1 is 0.774 bits per heavy atom. The van der Waals surface area contributed by atoms with E-state index in [2.05, 4.69) is 21.6 Å². The first-order valence-corrected chi connectivity index (χ1v) is 13.0. The van der Waals surface area contributed by atoms with Gasteiger partial charge in [0.1, 0.15) is 0 Å². The maximum absolute atomic E-state index is 12.8. The lowest BCUT2D eigenvalue weighted by molar-refractivity contribution is -0.142. The van der Waals surface area contributed by atoms with Crippen LogP contribution in [0.3, 0.4) is 0 Å². The van der Waals surface area contributed by atoms with Crippen molar-refractivity contribution in [2.75, 3.05) is 65.4 Å². The Bertz CT molecular complexity index is 552. The summed E-state index contributed by atoms with van der Waals surface area (Å²) >= 11 is 0. The molecule has 0 aromatic carbocycles. The molecule has 4 aliphatic rings. The van der Waals surface area contributed by atoms with Crippen LogP contribution in [0, 0.1) is 17.3 Å². The molecule has 0 atom stereocenters. The standard InChI is InChI=1S/C21H36N4O2.2C2H6/c1-3-22-13-21(14-22)15-23(16-21)12-18-4-8-25(9-5-18)20(27)19-6-10-24(11-7-19)17(2)26;2*1-2/h18-19H,3-16H2,1-2H3;2*1-2H3. The topological polar surface area (TPSA) is 47.1 Å². The average Bonchev–Trinajstić information content (AvgIpc) is 2.77. The van der Waals surface area contributed by atoms with Gasteiger partial charge in [-0.05, 0) is 38.1 Å². The summed E-state index contributed by atoms with van der Waals surface area (Å²) in [6.07, 6.45) is 3.98. The number of hydrogen-bond donors (Lipinski definition) is 0. The number of piperidine rings is 2. The van der Waals surface area contributed by atoms with Crippen LogP contribution in [0.4, 0.5) is 0 Å². The first kappa shape index (κ1) is 26.1. The number of carbonyl (C=O) groups is 2. The molecule has 0 aromatic rings. The number of amides is 2. The molecule has 0 bridgehead atoms. The molecule has 4 rings (SSSR count). The van der Waals surface area contributed by atoms with Gasteiger partial charge in [-0.2, -0.15) is 0 Å². The molecule has 4 heterocycles. The van der Waals surface area contributed by atoms with Crippen LogP contribution in [0.15, 0.2) is 0 Å². The van der Waals surface area contributed by atoms with Crippen molar-refractivity contribution >= 4 is 11.8 Å². The first-order chi connectivity index (χ1) is 15.0. The second-order valence-electron chi connectivity index (χ2n) is 9.52. The molecule has 0 aliphatic carbocycles. The van der Waals surface area contributed by atoms with Crippen LogP contribution < -0.4 is 0 Å². The van der Waals surface area contributed by atoms with Gasteiger partial charge in [0.25, 0.3) is 0 Å². The Balaban J connectivity index is 0.000000807. The molecule has 0 N–H and O–H groups in total. The van der Waals surface area contributed by atoms with E-state index in [0.717, 1.165) is 57.8 Å². The van der Waals surface area contributed by atoms with Gasteiger partial charge in [-0.15, -0.1) is 0 Å². The highest BCUT2D eigenvalue weighted by Crippen LogP contribution is 2.40. The van der Waals surface area contributed by atoms with E-state index in [0.29, 0.717) is 11.3 Å². The zero-order valence-corrected chi connectivity index (χ0v) is 21.2. The van der Waals surface area contributed by atoms with E-state index < -0.39 is 0 Å². The predicted molar refractivity (Wildman–Crippen MR) is 128 cm³/mol. The number of likely N-dealkylation sites (tertiary alicyclic amines) is 4. The number of nitrogens with zero attached hydrogens (tertiary/aromatic N) is 4. The molecular formula is C25H48N4O2. The minimum atomic E-state index is 0.132. The third kappa shape index (κ3) is 6.44. The molecule has 0 saturated carbocycles. The van der Waals surface area contributed by atoms with Crippen LogP contribution in [0.25, 0.3) is 0 Å². The fourth-order valence-corrected chi connectivity index (χ4v) is 5.76. The highest BCUT2D eigenvalue weighted by atomic mass is 16.2. The lowest BCUT2D eigenvalue weighted by atomic mass is 9.72. The Kier molecular flexibility index (Phi) is 10.3. The molecule has 2 amide bonds. The van der Waals surface area contributed by atoms with Crippen LogP contribution in [0.2, 0.25) is 0 Å². The van der Waals surface area contributed by atoms with E-state index in [-0.39, 0.29) is 11.8 Å². The second-order valence-corrected chi connectivity index (χ2v) is 9.52. The quantitative estimate of drug-likeness (QED) is 0.679. The smallest absolute Gasteiger partial charge is 0.225 e. The third-order valence-electron chi connectivity index (χ3n) is 7.42. The van der Waals surface area contributed by atoms with Gasteiger partial charge in [-0.1, -0.05) is 34.6 Å². The van der Waals surface area contributed by atoms with Crippen molar-refractivity contribution in [2.45, 2.75) is 67.2 Å². The molecule has 6 heteroatoms. The average molecular weight is 437 g/mol. The second kappa shape index (κ2) is 12.2. The molecule has 4 aliphatic heterocycles. The van der Waals surface area contributed by atoms with Gasteiger partial charge < -0.3 is 19.6 Å². The zero-order chi connectivity index (χ0) is 23.0. The normalized spacial score (nSPS) is 24.3. The minimum absolute atomic E-state index is 0.132. The Labute approximate surface area is 191 Å². The van der Waals surface area contributed by atoms with Crippen LogP contribution in [0.1, 0.15) is 67.2 Å². The van der Waals surface area contributed by atoms with Gasteiger partial charge >= 0.3 is 0 Å². The number of rotatable bonds is 4. The summed E-state index contributed by atoms with van der Waals surface area (Å²) in [6.45, 7) is 22.8. The molecule has 0 aromatic heterocycles. The Morgan fingerprint density at radius 3 is 1.74 bits per heavy atom. The van der Waals surface area contributed by atoms with Crippen molar-refractivity contribution in [3.05, 3.63) is 0 Å². The van der Waals surface area contributed by atoms with Crippen molar-refractivity contribution in [1.29, 1.82) is 0 Å². The van der Waals surface area contributed by atoms with Crippen molar-refractivity contribution in [3.63, 3.8) is 0 Å². The van der Waals surface area contributed by atoms with Crippen molar-refractivity contribution in [2.24, 2.45) is 17.3 Å². The molecule has 6 nitrogen and oxygen atoms in total. The highest BCUT2D eigenvalue weighted by Gasteiger charge is 2.51. The van der Waals surface area contributed by atoms with E-state index in [1.807, 2.05) is 32.6 Å². The number of carbonyl (C=O) groups excluding carboxylic acids is 2. The van der Waals surface area contributed by atoms with Gasteiger partial charge in [-0.3, -0.25) is 9.59 Å². The van der Waals surface area contributed by atoms with Crippen molar-refractivity contribution < 1.29 is 9.59 Å². The van der Waals surface area contributed by atoms with Gasteiger partial charge in [0, 0.05) is 77.2 Å². The maximum Gasteiger partial charge on any atom is 0.225 e. The molecule has 0 unspecified atom stereocenters. The van der Waals surface area contributed by atoms with Crippen molar-refractivity contribution in [3.8, 4) is 0 Å². The van der Waals surface area contributed by atoms with Crippen LogP contribution in [-0.4, -0.2) is 96.9 Å². The monoisotopic (exact) mass is 436 g/mol. The van der Waals surface area contributed by atoms with E-state index in [1.165, 1.54) is 39.3 Å². The number of hydrogen-bond acceptors (Lipinski definition) is 4. The summed E-state index contributed by atoms with van der Waals surface area (Å²) in [6, 6.07) is 0. The van der Waals surface area contributed by atoms with Gasteiger partial charge in [-0.25, -0.2) is 0 Å². The maximum atomic E-state index is 12.8. The largest absolute Gasteiger partial charge is 0.343 e. The predicted octanol–water partition coefficient (Wildman–Crippen LogP) is 3.17. The fourth-order valence-electron chi connectivity index (χ4n) is 5.76. The molecule has 180 valence electrons. The summed E-state index contributed by atoms with van der Waals surface area (Å²) in [4.78, 5) is 33.4. The Hall–Kier alpha value is -1.14. The van der Waals surface area contributed by atoms with E-state index in [9.17, 15) is 9.59 Å². The summed E-state index contributed by atoms with van der Waals surface area (Å²) in [5.41, 5.74) is 0.626.